The van der Waals surface area contributed by atoms with E-state index in [4.69, 9.17) is 0 Å². The SMILES string of the molecule is CC[C@]1(O)C[C@@]2(O)c3c(c(C)cc(=O)n3C)C(=O)c3c(C)cc(=O)n1c32. The second-order valence-electron chi connectivity index (χ2n) is 7.38. The number of aryl methyl sites for hydroxylation is 2. The Balaban J connectivity index is 2.28. The van der Waals surface area contributed by atoms with Crippen molar-refractivity contribution in [2.75, 3.05) is 0 Å². The fraction of sp³-hybridized carbons (Fsp3) is 0.421. The smallest absolute Gasteiger partial charge is 0.253 e. The lowest BCUT2D eigenvalue weighted by Gasteiger charge is -2.34. The van der Waals surface area contributed by atoms with Crippen LogP contribution in [0.4, 0.5) is 0 Å². The summed E-state index contributed by atoms with van der Waals surface area (Å²) < 4.78 is 2.37. The lowest BCUT2D eigenvalue weighted by Crippen LogP contribution is -2.42. The van der Waals surface area contributed by atoms with E-state index in [2.05, 4.69) is 0 Å². The summed E-state index contributed by atoms with van der Waals surface area (Å²) in [5.74, 6) is -0.348. The molecule has 0 bridgehead atoms. The predicted octanol–water partition coefficient (Wildman–Crippen LogP) is 0.403. The van der Waals surface area contributed by atoms with E-state index in [-0.39, 0.29) is 46.7 Å². The van der Waals surface area contributed by atoms with E-state index in [1.165, 1.54) is 23.7 Å². The van der Waals surface area contributed by atoms with Crippen LogP contribution in [0.25, 0.3) is 0 Å². The summed E-state index contributed by atoms with van der Waals surface area (Å²) in [7, 11) is 1.48. The van der Waals surface area contributed by atoms with Gasteiger partial charge in [0.1, 0.15) is 5.72 Å². The Bertz CT molecular complexity index is 1130. The summed E-state index contributed by atoms with van der Waals surface area (Å²) in [6, 6.07) is 2.67. The van der Waals surface area contributed by atoms with Gasteiger partial charge in [-0.3, -0.25) is 19.0 Å². The van der Waals surface area contributed by atoms with Crippen molar-refractivity contribution in [3.05, 3.63) is 66.5 Å². The standard InChI is InChI=1S/C19H20N2O5/c1-5-18(25)8-19(26)16-13(9(2)6-11(22)20(16)4)15(24)14-10(3)7-12(23)21(18)17(14)19/h6-7,25-26H,5,8H2,1-4H3/t18-,19+/m0/s1. The van der Waals surface area contributed by atoms with Crippen LogP contribution in [0.5, 0.6) is 0 Å². The van der Waals surface area contributed by atoms with Crippen LogP contribution >= 0.6 is 0 Å². The maximum atomic E-state index is 13.3. The second-order valence-corrected chi connectivity index (χ2v) is 7.38. The van der Waals surface area contributed by atoms with E-state index in [1.807, 2.05) is 0 Å². The van der Waals surface area contributed by atoms with Crippen LogP contribution in [0.2, 0.25) is 0 Å². The Morgan fingerprint density at radius 1 is 1.00 bits per heavy atom. The molecule has 2 N–H and O–H groups in total. The fourth-order valence-corrected chi connectivity index (χ4v) is 4.59. The number of pyridine rings is 2. The Hall–Kier alpha value is -2.51. The highest BCUT2D eigenvalue weighted by atomic mass is 16.3. The van der Waals surface area contributed by atoms with Crippen LogP contribution in [0, 0.1) is 13.8 Å². The number of aromatic nitrogens is 2. The van der Waals surface area contributed by atoms with Gasteiger partial charge in [0.05, 0.1) is 11.4 Å². The summed E-state index contributed by atoms with van der Waals surface area (Å²) in [4.78, 5) is 38.2. The molecule has 0 spiro atoms. The number of ketones is 1. The molecule has 7 heteroatoms. The molecule has 1 aliphatic heterocycles. The zero-order valence-corrected chi connectivity index (χ0v) is 15.1. The molecule has 2 aromatic heterocycles. The number of carbonyl (C=O) groups excluding carboxylic acids is 1. The lowest BCUT2D eigenvalue weighted by molar-refractivity contribution is -0.0694. The molecule has 0 saturated carbocycles. The van der Waals surface area contributed by atoms with Crippen LogP contribution in [0.1, 0.15) is 58.2 Å². The number of rotatable bonds is 1. The van der Waals surface area contributed by atoms with Gasteiger partial charge in [0.15, 0.2) is 11.4 Å². The van der Waals surface area contributed by atoms with Gasteiger partial charge in [-0.2, -0.15) is 0 Å². The highest BCUT2D eigenvalue weighted by Crippen LogP contribution is 2.51. The van der Waals surface area contributed by atoms with Crippen LogP contribution in [0.15, 0.2) is 21.7 Å². The second kappa shape index (κ2) is 4.81. The monoisotopic (exact) mass is 356 g/mol. The average Bonchev–Trinajstić information content (AvgIpc) is 2.80. The van der Waals surface area contributed by atoms with E-state index in [1.54, 1.807) is 20.8 Å². The van der Waals surface area contributed by atoms with Crippen molar-refractivity contribution in [3.8, 4) is 0 Å². The molecule has 0 saturated heterocycles. The fourth-order valence-electron chi connectivity index (χ4n) is 4.59. The van der Waals surface area contributed by atoms with Crippen molar-refractivity contribution in [2.24, 2.45) is 7.05 Å². The van der Waals surface area contributed by atoms with Gasteiger partial charge in [0.25, 0.3) is 11.1 Å². The van der Waals surface area contributed by atoms with Gasteiger partial charge in [0, 0.05) is 36.7 Å². The number of hydrogen-bond donors (Lipinski definition) is 2. The van der Waals surface area contributed by atoms with Gasteiger partial charge in [-0.05, 0) is 31.4 Å². The minimum absolute atomic E-state index is 0.0879. The highest BCUT2D eigenvalue weighted by Gasteiger charge is 2.58. The normalized spacial score (nSPS) is 26.0. The first-order valence-electron chi connectivity index (χ1n) is 8.55. The van der Waals surface area contributed by atoms with Crippen LogP contribution in [-0.4, -0.2) is 25.1 Å². The Morgan fingerprint density at radius 3 is 2.12 bits per heavy atom. The van der Waals surface area contributed by atoms with Gasteiger partial charge in [0.2, 0.25) is 0 Å². The minimum Gasteiger partial charge on any atom is -0.377 e. The molecule has 0 fully saturated rings. The molecule has 2 atom stereocenters. The third-order valence-electron chi connectivity index (χ3n) is 5.81. The number of fused-ring (bicyclic) bond motifs is 2. The largest absolute Gasteiger partial charge is 0.377 e. The third kappa shape index (κ3) is 1.72. The molecule has 0 aromatic carbocycles. The maximum absolute atomic E-state index is 13.3. The molecule has 4 rings (SSSR count). The van der Waals surface area contributed by atoms with Crippen molar-refractivity contribution in [1.29, 1.82) is 0 Å². The van der Waals surface area contributed by atoms with Crippen molar-refractivity contribution in [1.82, 2.24) is 9.13 Å². The van der Waals surface area contributed by atoms with Crippen LogP contribution in [0.3, 0.4) is 0 Å². The van der Waals surface area contributed by atoms with Gasteiger partial charge in [-0.25, -0.2) is 0 Å². The molecular formula is C19H20N2O5. The Labute approximate surface area is 149 Å². The summed E-state index contributed by atoms with van der Waals surface area (Å²) in [6.45, 7) is 5.00. The zero-order chi connectivity index (χ0) is 19.2. The number of aliphatic hydroxyl groups is 2. The van der Waals surface area contributed by atoms with Gasteiger partial charge >= 0.3 is 0 Å². The van der Waals surface area contributed by atoms with Gasteiger partial charge < -0.3 is 14.8 Å². The lowest BCUT2D eigenvalue weighted by atomic mass is 9.76. The Morgan fingerprint density at radius 2 is 1.54 bits per heavy atom. The molecule has 2 aromatic rings. The summed E-state index contributed by atoms with van der Waals surface area (Å²) in [5.41, 5.74) is -2.63. The molecule has 2 aliphatic rings. The van der Waals surface area contributed by atoms with Gasteiger partial charge in [-0.1, -0.05) is 6.92 Å². The van der Waals surface area contributed by atoms with Crippen molar-refractivity contribution in [2.45, 2.75) is 44.9 Å². The van der Waals surface area contributed by atoms with E-state index in [9.17, 15) is 24.6 Å². The first-order valence-corrected chi connectivity index (χ1v) is 8.55. The summed E-state index contributed by atoms with van der Waals surface area (Å²) in [5, 5.41) is 22.8. The number of hydrogen-bond acceptors (Lipinski definition) is 5. The highest BCUT2D eigenvalue weighted by molar-refractivity contribution is 6.14. The van der Waals surface area contributed by atoms with E-state index >= 15 is 0 Å². The summed E-state index contributed by atoms with van der Waals surface area (Å²) in [6.07, 6.45) is -0.0206. The first kappa shape index (κ1) is 16.9. The molecular weight excluding hydrogens is 336 g/mol. The first-order chi connectivity index (χ1) is 12.1. The van der Waals surface area contributed by atoms with E-state index in [0.717, 1.165) is 4.57 Å². The topological polar surface area (TPSA) is 102 Å². The third-order valence-corrected chi connectivity index (χ3v) is 5.81. The minimum atomic E-state index is -1.80. The molecule has 0 amide bonds. The maximum Gasteiger partial charge on any atom is 0.253 e. The Kier molecular flexibility index (Phi) is 3.13. The van der Waals surface area contributed by atoms with Crippen LogP contribution in [-0.2, 0) is 18.4 Å². The average molecular weight is 356 g/mol. The quantitative estimate of drug-likeness (QED) is 0.770. The zero-order valence-electron chi connectivity index (χ0n) is 15.1. The molecule has 136 valence electrons. The molecule has 3 heterocycles. The predicted molar refractivity (Wildman–Crippen MR) is 93.4 cm³/mol. The number of nitrogens with zero attached hydrogens (tertiary/aromatic N) is 2. The molecule has 1 aliphatic carbocycles. The molecule has 0 unspecified atom stereocenters. The van der Waals surface area contributed by atoms with Gasteiger partial charge in [-0.15, -0.1) is 0 Å². The van der Waals surface area contributed by atoms with Crippen molar-refractivity contribution in [3.63, 3.8) is 0 Å². The molecule has 0 radical (unpaired) electrons. The number of carbonyl (C=O) groups is 1. The van der Waals surface area contributed by atoms with E-state index < -0.39 is 16.9 Å². The van der Waals surface area contributed by atoms with Crippen molar-refractivity contribution >= 4 is 5.78 Å². The summed E-state index contributed by atoms with van der Waals surface area (Å²) >= 11 is 0. The van der Waals surface area contributed by atoms with Crippen LogP contribution < -0.4 is 11.1 Å². The van der Waals surface area contributed by atoms with Crippen molar-refractivity contribution < 1.29 is 15.0 Å². The molecule has 26 heavy (non-hydrogen) atoms. The molecule has 7 nitrogen and oxygen atoms in total. The van der Waals surface area contributed by atoms with E-state index in [0.29, 0.717) is 11.1 Å².